The first-order valence-corrected chi connectivity index (χ1v) is 7.41. The average molecular weight is 251 g/mol. The molecule has 2 rings (SSSR count). The number of nitrogens with two attached hydrogens (primary N) is 1. The lowest BCUT2D eigenvalue weighted by Crippen LogP contribution is -2.22. The molecule has 1 atom stereocenters. The highest BCUT2D eigenvalue weighted by molar-refractivity contribution is 7.10. The third-order valence-electron chi connectivity index (χ3n) is 2.62. The van der Waals surface area contributed by atoms with Crippen molar-refractivity contribution >= 4 is 22.7 Å². The second-order valence-corrected chi connectivity index (χ2v) is 6.08. The summed E-state index contributed by atoms with van der Waals surface area (Å²) in [6, 6.07) is 8.90. The van der Waals surface area contributed by atoms with Gasteiger partial charge in [0.05, 0.1) is 0 Å². The van der Waals surface area contributed by atoms with Crippen LogP contribution in [-0.4, -0.2) is 6.04 Å². The van der Waals surface area contributed by atoms with Gasteiger partial charge >= 0.3 is 0 Å². The molecule has 2 aromatic heterocycles. The summed E-state index contributed by atoms with van der Waals surface area (Å²) in [7, 11) is 0. The van der Waals surface area contributed by atoms with Crippen molar-refractivity contribution in [3.05, 3.63) is 44.8 Å². The van der Waals surface area contributed by atoms with Crippen LogP contribution >= 0.6 is 22.7 Å². The topological polar surface area (TPSA) is 26.0 Å². The molecule has 0 radical (unpaired) electrons. The Bertz CT molecular complexity index is 378. The SMILES string of the molecule is NC(CCCc1cccs1)Cc1cccs1. The van der Waals surface area contributed by atoms with Crippen molar-refractivity contribution in [2.24, 2.45) is 5.73 Å². The lowest BCUT2D eigenvalue weighted by atomic mass is 10.1. The molecule has 0 aliphatic heterocycles. The van der Waals surface area contributed by atoms with E-state index in [0.717, 1.165) is 12.8 Å². The summed E-state index contributed by atoms with van der Waals surface area (Å²) < 4.78 is 0. The first-order chi connectivity index (χ1) is 7.84. The van der Waals surface area contributed by atoms with Gasteiger partial charge in [-0.15, -0.1) is 22.7 Å². The fraction of sp³-hybridized carbons (Fsp3) is 0.385. The van der Waals surface area contributed by atoms with Gasteiger partial charge in [-0.25, -0.2) is 0 Å². The van der Waals surface area contributed by atoms with Crippen molar-refractivity contribution in [2.75, 3.05) is 0 Å². The Morgan fingerprint density at radius 1 is 1.06 bits per heavy atom. The predicted molar refractivity (Wildman–Crippen MR) is 73.3 cm³/mol. The molecule has 0 saturated carbocycles. The zero-order chi connectivity index (χ0) is 11.2. The minimum atomic E-state index is 0.318. The summed E-state index contributed by atoms with van der Waals surface area (Å²) in [5.74, 6) is 0. The molecule has 2 heterocycles. The molecule has 1 nitrogen and oxygen atoms in total. The Morgan fingerprint density at radius 3 is 2.38 bits per heavy atom. The van der Waals surface area contributed by atoms with E-state index in [-0.39, 0.29) is 0 Å². The fourth-order valence-electron chi connectivity index (χ4n) is 1.78. The Labute approximate surface area is 105 Å². The minimum absolute atomic E-state index is 0.318. The number of thiophene rings is 2. The minimum Gasteiger partial charge on any atom is -0.327 e. The fourth-order valence-corrected chi connectivity index (χ4v) is 3.33. The van der Waals surface area contributed by atoms with E-state index in [4.69, 9.17) is 5.73 Å². The molecule has 2 aromatic rings. The second kappa shape index (κ2) is 6.18. The molecule has 86 valence electrons. The quantitative estimate of drug-likeness (QED) is 0.832. The van der Waals surface area contributed by atoms with Gasteiger partial charge in [0, 0.05) is 15.8 Å². The largest absolute Gasteiger partial charge is 0.327 e. The maximum atomic E-state index is 6.11. The molecular weight excluding hydrogens is 234 g/mol. The molecular formula is C13H17NS2. The van der Waals surface area contributed by atoms with Crippen molar-refractivity contribution in [2.45, 2.75) is 31.7 Å². The van der Waals surface area contributed by atoms with Crippen molar-refractivity contribution in [1.29, 1.82) is 0 Å². The van der Waals surface area contributed by atoms with E-state index in [1.807, 2.05) is 11.3 Å². The van der Waals surface area contributed by atoms with Crippen molar-refractivity contribution < 1.29 is 0 Å². The van der Waals surface area contributed by atoms with E-state index in [1.54, 1.807) is 11.3 Å². The maximum Gasteiger partial charge on any atom is 0.00873 e. The Morgan fingerprint density at radius 2 is 1.75 bits per heavy atom. The van der Waals surface area contributed by atoms with Crippen LogP contribution in [0.3, 0.4) is 0 Å². The van der Waals surface area contributed by atoms with Crippen LogP contribution in [0.4, 0.5) is 0 Å². The molecule has 0 fully saturated rings. The van der Waals surface area contributed by atoms with Gasteiger partial charge in [-0.3, -0.25) is 0 Å². The Hall–Kier alpha value is -0.640. The van der Waals surface area contributed by atoms with Gasteiger partial charge in [0.1, 0.15) is 0 Å². The van der Waals surface area contributed by atoms with Crippen LogP contribution in [0.25, 0.3) is 0 Å². The van der Waals surface area contributed by atoms with E-state index in [1.165, 1.54) is 22.6 Å². The second-order valence-electron chi connectivity index (χ2n) is 4.02. The highest BCUT2D eigenvalue weighted by Gasteiger charge is 2.05. The molecule has 2 N–H and O–H groups in total. The van der Waals surface area contributed by atoms with Gasteiger partial charge in [0.2, 0.25) is 0 Å². The number of hydrogen-bond acceptors (Lipinski definition) is 3. The van der Waals surface area contributed by atoms with Crippen molar-refractivity contribution in [1.82, 2.24) is 0 Å². The standard InChI is InChI=1S/C13H17NS2/c14-11(10-13-7-3-9-16-13)4-1-5-12-6-2-8-15-12/h2-3,6-9,11H,1,4-5,10,14H2. The van der Waals surface area contributed by atoms with Gasteiger partial charge in [-0.2, -0.15) is 0 Å². The van der Waals surface area contributed by atoms with E-state index in [2.05, 4.69) is 35.0 Å². The number of aryl methyl sites for hydroxylation is 1. The monoisotopic (exact) mass is 251 g/mol. The molecule has 1 unspecified atom stereocenters. The predicted octanol–water partition coefficient (Wildman–Crippen LogP) is 3.70. The maximum absolute atomic E-state index is 6.11. The molecule has 0 spiro atoms. The first kappa shape index (κ1) is 11.8. The third kappa shape index (κ3) is 3.74. The molecule has 3 heteroatoms. The van der Waals surface area contributed by atoms with E-state index in [0.29, 0.717) is 6.04 Å². The van der Waals surface area contributed by atoms with Crippen molar-refractivity contribution in [3.8, 4) is 0 Å². The highest BCUT2D eigenvalue weighted by Crippen LogP contribution is 2.15. The highest BCUT2D eigenvalue weighted by atomic mass is 32.1. The summed E-state index contributed by atoms with van der Waals surface area (Å²) in [6.45, 7) is 0. The number of rotatable bonds is 6. The van der Waals surface area contributed by atoms with E-state index >= 15 is 0 Å². The van der Waals surface area contributed by atoms with Crippen LogP contribution in [0.1, 0.15) is 22.6 Å². The molecule has 0 aliphatic carbocycles. The average Bonchev–Trinajstić information content (AvgIpc) is 2.90. The van der Waals surface area contributed by atoms with Gasteiger partial charge in [0.25, 0.3) is 0 Å². The normalized spacial score (nSPS) is 12.8. The summed E-state index contributed by atoms with van der Waals surface area (Å²) in [5, 5.41) is 4.26. The van der Waals surface area contributed by atoms with Crippen LogP contribution in [-0.2, 0) is 12.8 Å². The summed E-state index contributed by atoms with van der Waals surface area (Å²) >= 11 is 3.65. The summed E-state index contributed by atoms with van der Waals surface area (Å²) in [4.78, 5) is 2.88. The molecule has 0 saturated heterocycles. The summed E-state index contributed by atoms with van der Waals surface area (Å²) in [6.07, 6.45) is 4.53. The molecule has 0 aromatic carbocycles. The zero-order valence-electron chi connectivity index (χ0n) is 9.26. The van der Waals surface area contributed by atoms with E-state index < -0.39 is 0 Å². The summed E-state index contributed by atoms with van der Waals surface area (Å²) in [5.41, 5.74) is 6.11. The van der Waals surface area contributed by atoms with Crippen LogP contribution in [0.2, 0.25) is 0 Å². The Balaban J connectivity index is 1.66. The van der Waals surface area contributed by atoms with Crippen LogP contribution in [0.15, 0.2) is 35.0 Å². The molecule has 0 amide bonds. The lowest BCUT2D eigenvalue weighted by molar-refractivity contribution is 0.585. The molecule has 16 heavy (non-hydrogen) atoms. The smallest absolute Gasteiger partial charge is 0.00873 e. The van der Waals surface area contributed by atoms with E-state index in [9.17, 15) is 0 Å². The van der Waals surface area contributed by atoms with Crippen molar-refractivity contribution in [3.63, 3.8) is 0 Å². The van der Waals surface area contributed by atoms with Gasteiger partial charge in [-0.05, 0) is 48.6 Å². The lowest BCUT2D eigenvalue weighted by Gasteiger charge is -2.09. The van der Waals surface area contributed by atoms with Gasteiger partial charge in [-0.1, -0.05) is 12.1 Å². The van der Waals surface area contributed by atoms with Gasteiger partial charge < -0.3 is 5.73 Å². The third-order valence-corrected chi connectivity index (χ3v) is 4.46. The van der Waals surface area contributed by atoms with Crippen LogP contribution in [0, 0.1) is 0 Å². The Kier molecular flexibility index (Phi) is 4.57. The molecule has 0 bridgehead atoms. The molecule has 0 aliphatic rings. The zero-order valence-corrected chi connectivity index (χ0v) is 10.9. The number of hydrogen-bond donors (Lipinski definition) is 1. The van der Waals surface area contributed by atoms with Gasteiger partial charge in [0.15, 0.2) is 0 Å². The first-order valence-electron chi connectivity index (χ1n) is 5.65. The van der Waals surface area contributed by atoms with Crippen LogP contribution in [0.5, 0.6) is 0 Å². The van der Waals surface area contributed by atoms with Crippen LogP contribution < -0.4 is 5.73 Å².